The number of benzene rings is 1. The molecule has 1 aromatic carbocycles. The number of carbonyl (C=O) groups is 1. The van der Waals surface area contributed by atoms with Gasteiger partial charge in [-0.1, -0.05) is 20.8 Å². The van der Waals surface area contributed by atoms with Crippen LogP contribution in [0.15, 0.2) is 30.7 Å². The summed E-state index contributed by atoms with van der Waals surface area (Å²) >= 11 is 0. The van der Waals surface area contributed by atoms with Gasteiger partial charge in [-0.3, -0.25) is 9.10 Å². The number of rotatable bonds is 7. The molecule has 1 N–H and O–H groups in total. The smallest absolute Gasteiger partial charge is 0.330 e. The van der Waals surface area contributed by atoms with E-state index in [0.29, 0.717) is 11.6 Å². The number of nitrogens with zero attached hydrogens (tertiary/aromatic N) is 5. The number of aromatic nitrogens is 4. The molecule has 2 aliphatic rings. The molecular formula is C25H34N6O4S. The fourth-order valence-corrected chi connectivity index (χ4v) is 5.63. The number of amides is 1. The summed E-state index contributed by atoms with van der Waals surface area (Å²) in [6.45, 7) is 8.85. The number of ether oxygens (including phenoxy) is 1. The second kappa shape index (κ2) is 9.19. The topological polar surface area (TPSA) is 111 Å². The number of fused-ring (bicyclic) bond motifs is 1. The molecule has 0 bridgehead atoms. The standard InChI is InChI=1S/C25H34N6O4S/c1-25(2,3)24-28-20-13-19(7-8-22(20)31(24)14-17-9-11-35-12-10-17)29(4)36(33,34)30-15-21(26-16-30)23(32)27-18-5-6-18/h7-8,13,15-18H,5-6,9-12,14H2,1-4H3,(H,27,32). The van der Waals surface area contributed by atoms with Crippen molar-refractivity contribution in [3.05, 3.63) is 42.2 Å². The van der Waals surface area contributed by atoms with Crippen molar-refractivity contribution in [2.45, 2.75) is 64.5 Å². The lowest BCUT2D eigenvalue weighted by atomic mass is 9.94. The fraction of sp³-hybridized carbons (Fsp3) is 0.560. The molecule has 1 saturated carbocycles. The molecule has 1 aliphatic heterocycles. The first-order valence-electron chi connectivity index (χ1n) is 12.5. The van der Waals surface area contributed by atoms with Gasteiger partial charge in [0.2, 0.25) is 0 Å². The Hall–Kier alpha value is -2.92. The van der Waals surface area contributed by atoms with Gasteiger partial charge in [0.15, 0.2) is 0 Å². The lowest BCUT2D eigenvalue weighted by Gasteiger charge is -2.26. The molecule has 2 aromatic heterocycles. The lowest BCUT2D eigenvalue weighted by Crippen LogP contribution is -2.31. The van der Waals surface area contributed by atoms with Gasteiger partial charge in [0.05, 0.1) is 22.9 Å². The van der Waals surface area contributed by atoms with Crippen molar-refractivity contribution in [2.24, 2.45) is 5.92 Å². The van der Waals surface area contributed by atoms with Crippen molar-refractivity contribution in [2.75, 3.05) is 24.6 Å². The largest absolute Gasteiger partial charge is 0.381 e. The minimum absolute atomic E-state index is 0.0796. The third-order valence-corrected chi connectivity index (χ3v) is 8.50. The Morgan fingerprint density at radius 1 is 1.19 bits per heavy atom. The van der Waals surface area contributed by atoms with Crippen molar-refractivity contribution in [3.63, 3.8) is 0 Å². The van der Waals surface area contributed by atoms with E-state index >= 15 is 0 Å². The van der Waals surface area contributed by atoms with E-state index in [4.69, 9.17) is 9.72 Å². The molecule has 10 nitrogen and oxygen atoms in total. The zero-order valence-electron chi connectivity index (χ0n) is 21.3. The fourth-order valence-electron chi connectivity index (χ4n) is 4.57. The maximum atomic E-state index is 13.3. The molecule has 36 heavy (non-hydrogen) atoms. The van der Waals surface area contributed by atoms with Gasteiger partial charge in [-0.05, 0) is 49.8 Å². The summed E-state index contributed by atoms with van der Waals surface area (Å²) in [7, 11) is -2.49. The Morgan fingerprint density at radius 3 is 2.58 bits per heavy atom. The van der Waals surface area contributed by atoms with Crippen LogP contribution in [0.2, 0.25) is 0 Å². The average Bonchev–Trinajstić information content (AvgIpc) is 3.36. The Morgan fingerprint density at radius 2 is 1.92 bits per heavy atom. The molecule has 1 amide bonds. The third-order valence-electron chi connectivity index (χ3n) is 6.87. The highest BCUT2D eigenvalue weighted by Crippen LogP contribution is 2.31. The van der Waals surface area contributed by atoms with Crippen LogP contribution >= 0.6 is 0 Å². The van der Waals surface area contributed by atoms with Crippen molar-refractivity contribution in [1.29, 1.82) is 0 Å². The van der Waals surface area contributed by atoms with Gasteiger partial charge in [-0.25, -0.2) is 13.9 Å². The predicted octanol–water partition coefficient (Wildman–Crippen LogP) is 3.08. The molecule has 3 aromatic rings. The van der Waals surface area contributed by atoms with Crippen LogP contribution in [-0.4, -0.2) is 59.1 Å². The first-order valence-corrected chi connectivity index (χ1v) is 13.9. The molecule has 194 valence electrons. The van der Waals surface area contributed by atoms with E-state index in [1.165, 1.54) is 17.5 Å². The molecule has 1 saturated heterocycles. The first kappa shape index (κ1) is 24.8. The van der Waals surface area contributed by atoms with Crippen molar-refractivity contribution < 1.29 is 17.9 Å². The number of anilines is 1. The lowest BCUT2D eigenvalue weighted by molar-refractivity contribution is 0.0611. The summed E-state index contributed by atoms with van der Waals surface area (Å²) in [4.78, 5) is 21.2. The molecular weight excluding hydrogens is 480 g/mol. The number of hydrogen-bond donors (Lipinski definition) is 1. The maximum absolute atomic E-state index is 13.3. The van der Waals surface area contributed by atoms with E-state index in [1.807, 2.05) is 6.07 Å². The molecule has 1 aliphatic carbocycles. The monoisotopic (exact) mass is 514 g/mol. The Kier molecular flexibility index (Phi) is 6.32. The summed E-state index contributed by atoms with van der Waals surface area (Å²) in [5.41, 5.74) is 2.13. The minimum atomic E-state index is -3.98. The quantitative estimate of drug-likeness (QED) is 0.519. The first-order chi connectivity index (χ1) is 17.0. The highest BCUT2D eigenvalue weighted by Gasteiger charge is 2.29. The second-order valence-corrected chi connectivity index (χ2v) is 12.7. The third kappa shape index (κ3) is 4.86. The highest BCUT2D eigenvalue weighted by molar-refractivity contribution is 7.91. The van der Waals surface area contributed by atoms with Gasteiger partial charge < -0.3 is 14.6 Å². The van der Waals surface area contributed by atoms with Gasteiger partial charge in [-0.15, -0.1) is 0 Å². The Labute approximate surface area is 211 Å². The van der Waals surface area contributed by atoms with Crippen LogP contribution in [0.25, 0.3) is 11.0 Å². The molecule has 5 rings (SSSR count). The summed E-state index contributed by atoms with van der Waals surface area (Å²) in [6, 6.07) is 5.71. The molecule has 3 heterocycles. The summed E-state index contributed by atoms with van der Waals surface area (Å²) in [5.74, 6) is 1.14. The average molecular weight is 515 g/mol. The normalized spacial score (nSPS) is 17.4. The van der Waals surface area contributed by atoms with Crippen LogP contribution in [0.4, 0.5) is 5.69 Å². The summed E-state index contributed by atoms with van der Waals surface area (Å²) in [6.07, 6.45) is 6.34. The number of nitrogens with one attached hydrogen (secondary N) is 1. The van der Waals surface area contributed by atoms with E-state index < -0.39 is 10.2 Å². The van der Waals surface area contributed by atoms with Crippen molar-refractivity contribution in [1.82, 2.24) is 23.8 Å². The van der Waals surface area contributed by atoms with Crippen LogP contribution < -0.4 is 9.62 Å². The molecule has 2 fully saturated rings. The summed E-state index contributed by atoms with van der Waals surface area (Å²) < 4.78 is 36.6. The van der Waals surface area contributed by atoms with Gasteiger partial charge in [0, 0.05) is 38.3 Å². The van der Waals surface area contributed by atoms with Crippen LogP contribution in [0, 0.1) is 5.92 Å². The zero-order valence-corrected chi connectivity index (χ0v) is 22.1. The maximum Gasteiger partial charge on any atom is 0.330 e. The number of imidazole rings is 2. The van der Waals surface area contributed by atoms with Gasteiger partial charge in [0.1, 0.15) is 17.8 Å². The number of hydrogen-bond acceptors (Lipinski definition) is 6. The molecule has 0 unspecified atom stereocenters. The van der Waals surface area contributed by atoms with Gasteiger partial charge >= 0.3 is 10.2 Å². The van der Waals surface area contributed by atoms with Crippen LogP contribution in [0.5, 0.6) is 0 Å². The zero-order chi connectivity index (χ0) is 25.7. The van der Waals surface area contributed by atoms with Crippen LogP contribution in [0.1, 0.15) is 62.8 Å². The molecule has 0 spiro atoms. The highest BCUT2D eigenvalue weighted by atomic mass is 32.2. The van der Waals surface area contributed by atoms with Gasteiger partial charge in [0.25, 0.3) is 5.91 Å². The van der Waals surface area contributed by atoms with E-state index in [2.05, 4.69) is 35.6 Å². The second-order valence-electron chi connectivity index (χ2n) is 10.8. The van der Waals surface area contributed by atoms with E-state index in [0.717, 1.165) is 72.6 Å². The van der Waals surface area contributed by atoms with Crippen molar-refractivity contribution in [3.8, 4) is 0 Å². The molecule has 11 heteroatoms. The molecule has 0 radical (unpaired) electrons. The minimum Gasteiger partial charge on any atom is -0.381 e. The van der Waals surface area contributed by atoms with E-state index in [9.17, 15) is 13.2 Å². The number of carbonyl (C=O) groups excluding carboxylic acids is 1. The SMILES string of the molecule is CN(c1ccc2c(c1)nc(C(C)(C)C)n2CC1CCOCC1)S(=O)(=O)n1cnc(C(=O)NC2CC2)c1. The molecule has 0 atom stereocenters. The van der Waals surface area contributed by atoms with Crippen LogP contribution in [0.3, 0.4) is 0 Å². The predicted molar refractivity (Wildman–Crippen MR) is 137 cm³/mol. The van der Waals surface area contributed by atoms with Gasteiger partial charge in [-0.2, -0.15) is 8.42 Å². The van der Waals surface area contributed by atoms with E-state index in [1.54, 1.807) is 12.1 Å². The van der Waals surface area contributed by atoms with Crippen molar-refractivity contribution >= 4 is 32.8 Å². The van der Waals surface area contributed by atoms with Crippen LogP contribution in [-0.2, 0) is 26.9 Å². The van der Waals surface area contributed by atoms with E-state index in [-0.39, 0.29) is 23.1 Å². The Bertz CT molecular complexity index is 1380. The Balaban J connectivity index is 1.44. The summed E-state index contributed by atoms with van der Waals surface area (Å²) in [5, 5.41) is 2.82.